The number of amides is 1. The van der Waals surface area contributed by atoms with Gasteiger partial charge in [-0.3, -0.25) is 4.79 Å². The number of hydrogen-bond donors (Lipinski definition) is 1. The van der Waals surface area contributed by atoms with Crippen LogP contribution in [-0.2, 0) is 17.8 Å². The lowest BCUT2D eigenvalue weighted by molar-refractivity contribution is -0.131. The van der Waals surface area contributed by atoms with E-state index in [2.05, 4.69) is 12.1 Å². The van der Waals surface area contributed by atoms with E-state index < -0.39 is 6.10 Å². The summed E-state index contributed by atoms with van der Waals surface area (Å²) in [6.45, 7) is 3.36. The molecule has 3 nitrogen and oxygen atoms in total. The molecule has 1 atom stereocenters. The summed E-state index contributed by atoms with van der Waals surface area (Å²) in [4.78, 5) is 14.7. The molecule has 1 aliphatic heterocycles. The molecule has 1 amide bonds. The Morgan fingerprint density at radius 1 is 1.38 bits per heavy atom. The average Bonchev–Trinajstić information content (AvgIpc) is 3.06. The minimum Gasteiger partial charge on any atom is -0.383 e. The van der Waals surface area contributed by atoms with Gasteiger partial charge in [0.1, 0.15) is 6.10 Å². The molecule has 0 spiro atoms. The van der Waals surface area contributed by atoms with Crippen LogP contribution >= 0.6 is 11.3 Å². The second-order valence-electron chi connectivity index (χ2n) is 5.36. The normalized spacial score (nSPS) is 15.6. The molecule has 0 fully saturated rings. The molecule has 0 saturated heterocycles. The van der Waals surface area contributed by atoms with Crippen LogP contribution < -0.4 is 0 Å². The number of rotatable bonds is 3. The Labute approximate surface area is 128 Å². The molecule has 2 aromatic rings. The van der Waals surface area contributed by atoms with Gasteiger partial charge < -0.3 is 10.0 Å². The molecule has 3 rings (SSSR count). The summed E-state index contributed by atoms with van der Waals surface area (Å²) < 4.78 is 0. The molecular weight excluding hydrogens is 282 g/mol. The van der Waals surface area contributed by atoms with Crippen LogP contribution in [0, 0.1) is 0 Å². The van der Waals surface area contributed by atoms with Crippen molar-refractivity contribution in [2.75, 3.05) is 6.54 Å². The maximum atomic E-state index is 11.9. The Morgan fingerprint density at radius 3 is 2.95 bits per heavy atom. The van der Waals surface area contributed by atoms with Crippen molar-refractivity contribution in [3.8, 4) is 0 Å². The number of hydrogen-bond acceptors (Lipinski definition) is 3. The molecule has 0 radical (unpaired) electrons. The van der Waals surface area contributed by atoms with Crippen molar-refractivity contribution in [3.63, 3.8) is 0 Å². The smallest absolute Gasteiger partial charge is 0.222 e. The van der Waals surface area contributed by atoms with E-state index in [0.717, 1.165) is 29.0 Å². The summed E-state index contributed by atoms with van der Waals surface area (Å²) in [6.07, 6.45) is 0.871. The third-order valence-corrected chi connectivity index (χ3v) is 4.95. The van der Waals surface area contributed by atoms with E-state index in [1.807, 2.05) is 35.4 Å². The van der Waals surface area contributed by atoms with E-state index in [0.29, 0.717) is 13.0 Å². The number of aliphatic hydroxyl groups excluding tert-OH is 1. The van der Waals surface area contributed by atoms with Gasteiger partial charge in [0.05, 0.1) is 0 Å². The van der Waals surface area contributed by atoms with Crippen molar-refractivity contribution in [1.82, 2.24) is 4.90 Å². The highest BCUT2D eigenvalue weighted by Gasteiger charge is 2.21. The van der Waals surface area contributed by atoms with Crippen molar-refractivity contribution >= 4 is 17.2 Å². The highest BCUT2D eigenvalue weighted by molar-refractivity contribution is 7.10. The Kier molecular flexibility index (Phi) is 4.08. The molecule has 4 heteroatoms. The fourth-order valence-corrected chi connectivity index (χ4v) is 3.53. The van der Waals surface area contributed by atoms with Gasteiger partial charge in [0, 0.05) is 24.4 Å². The quantitative estimate of drug-likeness (QED) is 0.946. The molecule has 110 valence electrons. The Morgan fingerprint density at radius 2 is 2.24 bits per heavy atom. The fourth-order valence-electron chi connectivity index (χ4n) is 2.79. The third kappa shape index (κ3) is 2.87. The molecule has 1 N–H and O–H groups in total. The molecule has 1 aromatic carbocycles. The van der Waals surface area contributed by atoms with Gasteiger partial charge in [-0.15, -0.1) is 11.3 Å². The zero-order valence-electron chi connectivity index (χ0n) is 12.1. The summed E-state index contributed by atoms with van der Waals surface area (Å²) in [5, 5.41) is 12.4. The van der Waals surface area contributed by atoms with Gasteiger partial charge in [-0.05, 0) is 34.6 Å². The van der Waals surface area contributed by atoms with Gasteiger partial charge in [0.15, 0.2) is 0 Å². The van der Waals surface area contributed by atoms with Crippen LogP contribution in [0.15, 0.2) is 35.7 Å². The molecule has 1 unspecified atom stereocenters. The second-order valence-corrected chi connectivity index (χ2v) is 6.34. The van der Waals surface area contributed by atoms with Gasteiger partial charge in [-0.25, -0.2) is 0 Å². The highest BCUT2D eigenvalue weighted by Crippen LogP contribution is 2.29. The van der Waals surface area contributed by atoms with Crippen LogP contribution in [0.25, 0.3) is 0 Å². The first kappa shape index (κ1) is 14.3. The van der Waals surface area contributed by atoms with Crippen LogP contribution in [0.4, 0.5) is 0 Å². The van der Waals surface area contributed by atoms with Gasteiger partial charge in [0.25, 0.3) is 0 Å². The number of aliphatic hydroxyl groups is 1. The van der Waals surface area contributed by atoms with Gasteiger partial charge in [-0.1, -0.05) is 31.2 Å². The SMILES string of the molecule is CCC(=O)N1CCc2ccc(C(O)c3cccs3)cc2C1. The number of carbonyl (C=O) groups excluding carboxylic acids is 1. The standard InChI is InChI=1S/C17H19NO2S/c1-2-16(19)18-8-7-12-5-6-13(10-14(12)11-18)17(20)15-4-3-9-21-15/h3-6,9-10,17,20H,2,7-8,11H2,1H3. The van der Waals surface area contributed by atoms with Crippen LogP contribution in [0.1, 0.15) is 41.0 Å². The average molecular weight is 301 g/mol. The Hall–Kier alpha value is -1.65. The fraction of sp³-hybridized carbons (Fsp3) is 0.353. The number of carbonyl (C=O) groups is 1. The first-order chi connectivity index (χ1) is 10.2. The number of nitrogens with zero attached hydrogens (tertiary/aromatic N) is 1. The van der Waals surface area contributed by atoms with E-state index in [1.54, 1.807) is 11.3 Å². The predicted octanol–water partition coefficient (Wildman–Crippen LogP) is 3.12. The minimum absolute atomic E-state index is 0.199. The monoisotopic (exact) mass is 301 g/mol. The van der Waals surface area contributed by atoms with Crippen LogP contribution in [-0.4, -0.2) is 22.5 Å². The van der Waals surface area contributed by atoms with Crippen LogP contribution in [0.3, 0.4) is 0 Å². The zero-order valence-corrected chi connectivity index (χ0v) is 12.9. The summed E-state index contributed by atoms with van der Waals surface area (Å²) >= 11 is 1.56. The van der Waals surface area contributed by atoms with E-state index in [4.69, 9.17) is 0 Å². The lowest BCUT2D eigenvalue weighted by atomic mass is 9.95. The zero-order chi connectivity index (χ0) is 14.8. The highest BCUT2D eigenvalue weighted by atomic mass is 32.1. The van der Waals surface area contributed by atoms with Crippen molar-refractivity contribution in [2.45, 2.75) is 32.4 Å². The largest absolute Gasteiger partial charge is 0.383 e. The molecule has 1 aliphatic rings. The van der Waals surface area contributed by atoms with Crippen molar-refractivity contribution in [3.05, 3.63) is 57.3 Å². The maximum absolute atomic E-state index is 11.9. The summed E-state index contributed by atoms with van der Waals surface area (Å²) in [5.41, 5.74) is 3.36. The van der Waals surface area contributed by atoms with E-state index in [1.165, 1.54) is 5.56 Å². The Bertz CT molecular complexity index is 636. The lowest BCUT2D eigenvalue weighted by Crippen LogP contribution is -2.35. The maximum Gasteiger partial charge on any atom is 0.222 e. The van der Waals surface area contributed by atoms with Crippen molar-refractivity contribution < 1.29 is 9.90 Å². The summed E-state index contributed by atoms with van der Waals surface area (Å²) in [7, 11) is 0. The van der Waals surface area contributed by atoms with Crippen molar-refractivity contribution in [1.29, 1.82) is 0 Å². The first-order valence-corrected chi connectivity index (χ1v) is 8.18. The third-order valence-electron chi connectivity index (χ3n) is 4.03. The Balaban J connectivity index is 1.86. The molecule has 1 aromatic heterocycles. The molecule has 0 aliphatic carbocycles. The summed E-state index contributed by atoms with van der Waals surface area (Å²) in [5.74, 6) is 0.199. The second kappa shape index (κ2) is 6.00. The number of fused-ring (bicyclic) bond motifs is 1. The number of thiophene rings is 1. The van der Waals surface area contributed by atoms with E-state index in [9.17, 15) is 9.90 Å². The summed E-state index contributed by atoms with van der Waals surface area (Å²) in [6, 6.07) is 10.0. The molecule has 0 saturated carbocycles. The van der Waals surface area contributed by atoms with Crippen LogP contribution in [0.5, 0.6) is 0 Å². The molecular formula is C17H19NO2S. The number of benzene rings is 1. The minimum atomic E-state index is -0.576. The first-order valence-electron chi connectivity index (χ1n) is 7.30. The predicted molar refractivity (Wildman–Crippen MR) is 84.2 cm³/mol. The molecule has 2 heterocycles. The van der Waals surface area contributed by atoms with Crippen LogP contribution in [0.2, 0.25) is 0 Å². The molecule has 21 heavy (non-hydrogen) atoms. The van der Waals surface area contributed by atoms with Gasteiger partial charge in [0.2, 0.25) is 5.91 Å². The topological polar surface area (TPSA) is 40.5 Å². The van der Waals surface area contributed by atoms with Gasteiger partial charge in [-0.2, -0.15) is 0 Å². The van der Waals surface area contributed by atoms with Crippen molar-refractivity contribution in [2.24, 2.45) is 0 Å². The van der Waals surface area contributed by atoms with Gasteiger partial charge >= 0.3 is 0 Å². The van der Waals surface area contributed by atoms with E-state index in [-0.39, 0.29) is 5.91 Å². The molecule has 0 bridgehead atoms. The van der Waals surface area contributed by atoms with E-state index >= 15 is 0 Å². The lowest BCUT2D eigenvalue weighted by Gasteiger charge is -2.29.